The number of carbonyl (C=O) groups is 3. The van der Waals surface area contributed by atoms with E-state index in [1.54, 1.807) is 18.4 Å². The molecule has 3 aromatic heterocycles. The van der Waals surface area contributed by atoms with Crippen molar-refractivity contribution in [3.05, 3.63) is 34.3 Å². The zero-order chi connectivity index (χ0) is 22.0. The number of hydrogen-bond acceptors (Lipinski definition) is 9. The highest BCUT2D eigenvalue weighted by atomic mass is 32.2. The van der Waals surface area contributed by atoms with Gasteiger partial charge in [0.15, 0.2) is 5.78 Å². The number of hydrogen-bond donors (Lipinski definition) is 1. The van der Waals surface area contributed by atoms with Gasteiger partial charge in [-0.05, 0) is 40.7 Å². The average molecular weight is 431 g/mol. The fraction of sp³-hybridized carbons (Fsp3) is 0.368. The number of aryl methyl sites for hydroxylation is 3. The number of carbonyl (C=O) groups excluding carboxylic acids is 3. The molecular weight excluding hydrogens is 410 g/mol. The molecule has 0 unspecified atom stereocenters. The van der Waals surface area contributed by atoms with Crippen LogP contribution in [0.5, 0.6) is 0 Å². The first-order chi connectivity index (χ1) is 14.2. The van der Waals surface area contributed by atoms with E-state index in [9.17, 15) is 14.4 Å². The molecule has 0 aliphatic rings. The minimum atomic E-state index is -0.735. The standard InChI is InChI=1S/C19H21N5O5S/c1-6-28-17(27)15-14(11(4)25)12(5)29-16(15)21-13(26)8-30-19-22-18-20-9(2)7-10(3)24(18)23-19/h7H,6,8H2,1-5H3,(H,21,26). The number of thioether (sulfide) groups is 1. The van der Waals surface area contributed by atoms with Gasteiger partial charge in [0.25, 0.3) is 5.78 Å². The van der Waals surface area contributed by atoms with Gasteiger partial charge < -0.3 is 9.15 Å². The predicted molar refractivity (Wildman–Crippen MR) is 109 cm³/mol. The molecule has 11 heteroatoms. The van der Waals surface area contributed by atoms with Gasteiger partial charge in [-0.3, -0.25) is 14.9 Å². The molecule has 0 aromatic carbocycles. The van der Waals surface area contributed by atoms with Gasteiger partial charge in [0.2, 0.25) is 16.9 Å². The summed E-state index contributed by atoms with van der Waals surface area (Å²) in [6.07, 6.45) is 0. The van der Waals surface area contributed by atoms with Crippen LogP contribution in [0.4, 0.5) is 5.88 Å². The Morgan fingerprint density at radius 1 is 1.20 bits per heavy atom. The van der Waals surface area contributed by atoms with Crippen LogP contribution >= 0.6 is 11.8 Å². The van der Waals surface area contributed by atoms with Crippen molar-refractivity contribution in [2.45, 2.75) is 39.8 Å². The second-order valence-corrected chi connectivity index (χ2v) is 7.44. The minimum Gasteiger partial charge on any atom is -0.462 e. The van der Waals surface area contributed by atoms with Crippen molar-refractivity contribution in [3.63, 3.8) is 0 Å². The monoisotopic (exact) mass is 431 g/mol. The molecule has 0 radical (unpaired) electrons. The van der Waals surface area contributed by atoms with Crippen LogP contribution in [0.3, 0.4) is 0 Å². The van der Waals surface area contributed by atoms with E-state index in [1.165, 1.54) is 6.92 Å². The number of furan rings is 1. The van der Waals surface area contributed by atoms with Gasteiger partial charge in [-0.25, -0.2) is 14.3 Å². The Kier molecular flexibility index (Phi) is 6.20. The predicted octanol–water partition coefficient (Wildman–Crippen LogP) is 2.75. The lowest BCUT2D eigenvalue weighted by molar-refractivity contribution is -0.113. The lowest BCUT2D eigenvalue weighted by atomic mass is 10.1. The molecule has 30 heavy (non-hydrogen) atoms. The van der Waals surface area contributed by atoms with Crippen LogP contribution in [-0.2, 0) is 9.53 Å². The van der Waals surface area contributed by atoms with E-state index in [1.807, 2.05) is 19.9 Å². The Labute approximate surface area is 176 Å². The topological polar surface area (TPSA) is 129 Å². The van der Waals surface area contributed by atoms with Crippen LogP contribution < -0.4 is 5.32 Å². The largest absolute Gasteiger partial charge is 0.462 e. The number of fused-ring (bicyclic) bond motifs is 1. The second kappa shape index (κ2) is 8.66. The summed E-state index contributed by atoms with van der Waals surface area (Å²) in [5.74, 6) is -1.01. The number of ether oxygens (including phenoxy) is 1. The SMILES string of the molecule is CCOC(=O)c1c(NC(=O)CSc2nc3nc(C)cc(C)n3n2)oc(C)c1C(C)=O. The van der Waals surface area contributed by atoms with Crippen LogP contribution in [0.1, 0.15) is 51.7 Å². The molecule has 3 heterocycles. The van der Waals surface area contributed by atoms with E-state index >= 15 is 0 Å². The smallest absolute Gasteiger partial charge is 0.344 e. The van der Waals surface area contributed by atoms with Crippen molar-refractivity contribution in [1.29, 1.82) is 0 Å². The van der Waals surface area contributed by atoms with Gasteiger partial charge in [-0.1, -0.05) is 11.8 Å². The van der Waals surface area contributed by atoms with Crippen LogP contribution in [0, 0.1) is 20.8 Å². The molecule has 3 aromatic rings. The molecule has 1 N–H and O–H groups in total. The van der Waals surface area contributed by atoms with Gasteiger partial charge in [0.05, 0.1) is 17.9 Å². The molecule has 1 amide bonds. The quantitative estimate of drug-likeness (QED) is 0.341. The number of amides is 1. The summed E-state index contributed by atoms with van der Waals surface area (Å²) in [4.78, 5) is 45.3. The summed E-state index contributed by atoms with van der Waals surface area (Å²) in [6.45, 7) is 8.38. The number of anilines is 1. The first-order valence-corrected chi connectivity index (χ1v) is 10.1. The maximum atomic E-state index is 12.4. The van der Waals surface area contributed by atoms with Gasteiger partial charge in [0.1, 0.15) is 11.3 Å². The fourth-order valence-electron chi connectivity index (χ4n) is 2.96. The van der Waals surface area contributed by atoms with Crippen molar-refractivity contribution in [3.8, 4) is 0 Å². The Balaban J connectivity index is 1.76. The number of nitrogens with one attached hydrogen (secondary N) is 1. The Bertz CT molecular complexity index is 1150. The van der Waals surface area contributed by atoms with E-state index in [0.717, 1.165) is 23.1 Å². The normalized spacial score (nSPS) is 11.0. The highest BCUT2D eigenvalue weighted by Gasteiger charge is 2.28. The molecule has 0 saturated heterocycles. The van der Waals surface area contributed by atoms with Crippen LogP contribution in [-0.4, -0.2) is 49.6 Å². The van der Waals surface area contributed by atoms with E-state index in [2.05, 4.69) is 20.4 Å². The van der Waals surface area contributed by atoms with Crippen LogP contribution in [0.15, 0.2) is 15.6 Å². The third kappa shape index (κ3) is 4.35. The lowest BCUT2D eigenvalue weighted by Gasteiger charge is -2.05. The first-order valence-electron chi connectivity index (χ1n) is 9.16. The molecule has 0 aliphatic carbocycles. The number of ketones is 1. The van der Waals surface area contributed by atoms with Gasteiger partial charge in [-0.2, -0.15) is 4.98 Å². The highest BCUT2D eigenvalue weighted by Crippen LogP contribution is 2.29. The average Bonchev–Trinajstić information content (AvgIpc) is 3.20. The van der Waals surface area contributed by atoms with Crippen LogP contribution in [0.2, 0.25) is 0 Å². The maximum Gasteiger partial charge on any atom is 0.344 e. The number of aromatic nitrogens is 4. The van der Waals surface area contributed by atoms with Crippen molar-refractivity contribution < 1.29 is 23.5 Å². The molecule has 0 atom stereocenters. The summed E-state index contributed by atoms with van der Waals surface area (Å²) in [6, 6.07) is 1.88. The summed E-state index contributed by atoms with van der Waals surface area (Å²) >= 11 is 1.11. The second-order valence-electron chi connectivity index (χ2n) is 6.50. The van der Waals surface area contributed by atoms with E-state index < -0.39 is 11.9 Å². The Morgan fingerprint density at radius 3 is 2.60 bits per heavy atom. The fourth-order valence-corrected chi connectivity index (χ4v) is 3.57. The molecule has 0 fully saturated rings. The number of nitrogens with zero attached hydrogens (tertiary/aromatic N) is 4. The first kappa shape index (κ1) is 21.5. The summed E-state index contributed by atoms with van der Waals surface area (Å²) < 4.78 is 12.1. The van der Waals surface area contributed by atoms with Crippen molar-refractivity contribution in [2.24, 2.45) is 0 Å². The maximum absolute atomic E-state index is 12.4. The summed E-state index contributed by atoms with van der Waals surface area (Å²) in [7, 11) is 0. The molecular formula is C19H21N5O5S. The molecule has 0 spiro atoms. The Morgan fingerprint density at radius 2 is 1.93 bits per heavy atom. The molecule has 3 rings (SSSR count). The van der Waals surface area contributed by atoms with E-state index in [4.69, 9.17) is 9.15 Å². The van der Waals surface area contributed by atoms with Crippen molar-refractivity contribution in [2.75, 3.05) is 17.7 Å². The highest BCUT2D eigenvalue weighted by molar-refractivity contribution is 7.99. The number of Topliss-reactive ketones (excluding diaryl/α,β-unsaturated/α-hetero) is 1. The lowest BCUT2D eigenvalue weighted by Crippen LogP contribution is -2.17. The molecule has 10 nitrogen and oxygen atoms in total. The van der Waals surface area contributed by atoms with Gasteiger partial charge in [-0.15, -0.1) is 5.10 Å². The Hall–Kier alpha value is -3.21. The van der Waals surface area contributed by atoms with Crippen molar-refractivity contribution >= 4 is 41.1 Å². The van der Waals surface area contributed by atoms with Gasteiger partial charge >= 0.3 is 5.97 Å². The van der Waals surface area contributed by atoms with E-state index in [0.29, 0.717) is 10.9 Å². The molecule has 0 saturated carbocycles. The molecule has 158 valence electrons. The summed E-state index contributed by atoms with van der Waals surface area (Å²) in [5.41, 5.74) is 1.71. The molecule has 0 bridgehead atoms. The van der Waals surface area contributed by atoms with Crippen LogP contribution in [0.25, 0.3) is 5.78 Å². The summed E-state index contributed by atoms with van der Waals surface area (Å²) in [5, 5.41) is 7.25. The third-order valence-corrected chi connectivity index (χ3v) is 4.94. The number of esters is 1. The zero-order valence-electron chi connectivity index (χ0n) is 17.2. The molecule has 0 aliphatic heterocycles. The number of rotatable bonds is 7. The van der Waals surface area contributed by atoms with Gasteiger partial charge in [0, 0.05) is 11.4 Å². The van der Waals surface area contributed by atoms with Crippen molar-refractivity contribution in [1.82, 2.24) is 19.6 Å². The third-order valence-electron chi connectivity index (χ3n) is 4.10. The van der Waals surface area contributed by atoms with E-state index in [-0.39, 0.29) is 40.9 Å². The zero-order valence-corrected chi connectivity index (χ0v) is 18.0. The minimum absolute atomic E-state index is 0.0354.